The third-order valence-electron chi connectivity index (χ3n) is 3.59. The van der Waals surface area contributed by atoms with Crippen LogP contribution in [0.4, 0.5) is 0 Å². The molecule has 0 amide bonds. The summed E-state index contributed by atoms with van der Waals surface area (Å²) in [6, 6.07) is 3.33. The second kappa shape index (κ2) is 5.76. The van der Waals surface area contributed by atoms with Gasteiger partial charge >= 0.3 is 5.97 Å². The maximum atomic E-state index is 12.1. The summed E-state index contributed by atoms with van der Waals surface area (Å²) in [5.41, 5.74) is 0.177. The molecule has 0 saturated carbocycles. The van der Waals surface area contributed by atoms with Crippen molar-refractivity contribution in [1.82, 2.24) is 4.98 Å². The van der Waals surface area contributed by atoms with Crippen molar-refractivity contribution in [2.45, 2.75) is 51.0 Å². The van der Waals surface area contributed by atoms with Crippen LogP contribution in [0.2, 0.25) is 0 Å². The summed E-state index contributed by atoms with van der Waals surface area (Å²) in [7, 11) is 1.43. The van der Waals surface area contributed by atoms with Crippen molar-refractivity contribution < 1.29 is 29.2 Å². The van der Waals surface area contributed by atoms with E-state index in [0.29, 0.717) is 0 Å². The van der Waals surface area contributed by atoms with Gasteiger partial charge in [-0.2, -0.15) is 0 Å². The van der Waals surface area contributed by atoms with Gasteiger partial charge in [0.25, 0.3) is 0 Å². The van der Waals surface area contributed by atoms with Gasteiger partial charge in [0.1, 0.15) is 17.9 Å². The normalized spacial score (nSPS) is 31.9. The van der Waals surface area contributed by atoms with E-state index >= 15 is 0 Å². The van der Waals surface area contributed by atoms with Crippen LogP contribution >= 0.6 is 0 Å². The van der Waals surface area contributed by atoms with Crippen molar-refractivity contribution >= 4 is 5.97 Å². The first-order chi connectivity index (χ1) is 9.76. The number of hydrogen-bond acceptors (Lipinski definition) is 6. The summed E-state index contributed by atoms with van der Waals surface area (Å²) in [5, 5.41) is 19.8. The van der Waals surface area contributed by atoms with Crippen molar-refractivity contribution in [2.75, 3.05) is 7.11 Å². The Morgan fingerprint density at radius 3 is 2.57 bits per heavy atom. The maximum absolute atomic E-state index is 12.1. The molecular weight excluding hydrogens is 278 g/mol. The predicted octanol–water partition coefficient (Wildman–Crippen LogP) is 0.352. The SMILES string of the molecule is CO[C@@H]1[C@@H](OC(=O)c2ccc(C)[nH]2)[C@@H](O)[C@@H](O)OC1(C)C. The molecule has 1 aromatic heterocycles. The Morgan fingerprint density at radius 2 is 2.05 bits per heavy atom. The van der Waals surface area contributed by atoms with Crippen LogP contribution in [-0.4, -0.2) is 58.5 Å². The van der Waals surface area contributed by atoms with E-state index in [0.717, 1.165) is 5.69 Å². The molecule has 7 nitrogen and oxygen atoms in total. The van der Waals surface area contributed by atoms with Crippen molar-refractivity contribution in [2.24, 2.45) is 0 Å². The second-order valence-corrected chi connectivity index (χ2v) is 5.68. The minimum atomic E-state index is -1.45. The molecule has 0 bridgehead atoms. The largest absolute Gasteiger partial charge is 0.452 e. The molecular formula is C14H21NO6. The fraction of sp³-hybridized carbons (Fsp3) is 0.643. The second-order valence-electron chi connectivity index (χ2n) is 5.68. The number of aryl methyl sites for hydroxylation is 1. The molecule has 0 radical (unpaired) electrons. The van der Waals surface area contributed by atoms with Gasteiger partial charge in [0.15, 0.2) is 12.4 Å². The van der Waals surface area contributed by atoms with Crippen LogP contribution in [0.1, 0.15) is 30.0 Å². The van der Waals surface area contributed by atoms with E-state index in [4.69, 9.17) is 14.2 Å². The minimum Gasteiger partial charge on any atom is -0.452 e. The van der Waals surface area contributed by atoms with Gasteiger partial charge in [0.2, 0.25) is 0 Å². The molecule has 1 aliphatic rings. The molecule has 0 spiro atoms. The van der Waals surface area contributed by atoms with Gasteiger partial charge in [-0.05, 0) is 32.9 Å². The van der Waals surface area contributed by atoms with Crippen LogP contribution in [0, 0.1) is 6.92 Å². The van der Waals surface area contributed by atoms with Crippen LogP contribution in [0.25, 0.3) is 0 Å². The monoisotopic (exact) mass is 299 g/mol. The van der Waals surface area contributed by atoms with E-state index in [-0.39, 0.29) is 5.69 Å². The van der Waals surface area contributed by atoms with Gasteiger partial charge in [0, 0.05) is 12.8 Å². The lowest BCUT2D eigenvalue weighted by molar-refractivity contribution is -0.313. The molecule has 0 aliphatic carbocycles. The third-order valence-corrected chi connectivity index (χ3v) is 3.59. The van der Waals surface area contributed by atoms with Crippen molar-refractivity contribution in [3.05, 3.63) is 23.5 Å². The average Bonchev–Trinajstić information content (AvgIpc) is 2.82. The maximum Gasteiger partial charge on any atom is 0.355 e. The van der Waals surface area contributed by atoms with Gasteiger partial charge in [0.05, 0.1) is 5.60 Å². The highest BCUT2D eigenvalue weighted by Crippen LogP contribution is 2.32. The molecule has 1 aromatic rings. The first-order valence-corrected chi connectivity index (χ1v) is 6.69. The van der Waals surface area contributed by atoms with Crippen LogP contribution in [0.3, 0.4) is 0 Å². The number of esters is 1. The Bertz CT molecular complexity index is 511. The minimum absolute atomic E-state index is 0.272. The molecule has 21 heavy (non-hydrogen) atoms. The molecule has 1 aliphatic heterocycles. The molecule has 1 saturated heterocycles. The van der Waals surface area contributed by atoms with Gasteiger partial charge < -0.3 is 29.4 Å². The highest BCUT2D eigenvalue weighted by molar-refractivity contribution is 5.87. The Kier molecular flexibility index (Phi) is 4.38. The highest BCUT2D eigenvalue weighted by atomic mass is 16.7. The topological polar surface area (TPSA) is 101 Å². The first-order valence-electron chi connectivity index (χ1n) is 6.69. The zero-order valence-electron chi connectivity index (χ0n) is 12.5. The number of H-pyrrole nitrogens is 1. The molecule has 7 heteroatoms. The van der Waals surface area contributed by atoms with Crippen molar-refractivity contribution in [1.29, 1.82) is 0 Å². The predicted molar refractivity (Wildman–Crippen MR) is 72.7 cm³/mol. The average molecular weight is 299 g/mol. The van der Waals surface area contributed by atoms with Gasteiger partial charge in [-0.3, -0.25) is 0 Å². The Labute approximate surface area is 122 Å². The standard InChI is InChI=1S/C14H21NO6/c1-7-5-6-8(15-7)12(17)20-10-9(16)13(18)21-14(2,3)11(10)19-4/h5-6,9-11,13,15-16,18H,1-4H3/t9-,10+,11-,13+/m1/s1. The van der Waals surface area contributed by atoms with Gasteiger partial charge in [-0.25, -0.2) is 4.79 Å². The Hall–Kier alpha value is -1.41. The third kappa shape index (κ3) is 3.11. The lowest BCUT2D eigenvalue weighted by Gasteiger charge is -2.46. The Balaban J connectivity index is 2.20. The number of carbonyl (C=O) groups excluding carboxylic acids is 1. The lowest BCUT2D eigenvalue weighted by Crippen LogP contribution is -2.63. The molecule has 2 rings (SSSR count). The number of nitrogens with one attached hydrogen (secondary N) is 1. The number of hydrogen-bond donors (Lipinski definition) is 3. The van der Waals surface area contributed by atoms with Crippen LogP contribution in [0.15, 0.2) is 12.1 Å². The Morgan fingerprint density at radius 1 is 1.38 bits per heavy atom. The van der Waals surface area contributed by atoms with Crippen LogP contribution < -0.4 is 0 Å². The van der Waals surface area contributed by atoms with E-state index in [2.05, 4.69) is 4.98 Å². The van der Waals surface area contributed by atoms with E-state index in [1.165, 1.54) is 7.11 Å². The lowest BCUT2D eigenvalue weighted by atomic mass is 9.89. The van der Waals surface area contributed by atoms with E-state index in [1.54, 1.807) is 26.0 Å². The van der Waals surface area contributed by atoms with Crippen LogP contribution in [0.5, 0.6) is 0 Å². The molecule has 4 atom stereocenters. The molecule has 1 fully saturated rings. The molecule has 0 aromatic carbocycles. The molecule has 2 heterocycles. The summed E-state index contributed by atoms with van der Waals surface area (Å²) in [6.45, 7) is 5.19. The first kappa shape index (κ1) is 16.0. The number of ether oxygens (including phenoxy) is 3. The summed E-state index contributed by atoms with van der Waals surface area (Å²) < 4.78 is 15.9. The van der Waals surface area contributed by atoms with E-state index in [9.17, 15) is 15.0 Å². The molecule has 0 unspecified atom stereocenters. The van der Waals surface area contributed by atoms with Gasteiger partial charge in [-0.15, -0.1) is 0 Å². The quantitative estimate of drug-likeness (QED) is 0.696. The number of rotatable bonds is 3. The summed E-state index contributed by atoms with van der Waals surface area (Å²) >= 11 is 0. The highest BCUT2D eigenvalue weighted by Gasteiger charge is 2.51. The summed E-state index contributed by atoms with van der Waals surface area (Å²) in [6.07, 6.45) is -4.58. The number of methoxy groups -OCH3 is 1. The van der Waals surface area contributed by atoms with E-state index in [1.807, 2.05) is 6.92 Å². The smallest absolute Gasteiger partial charge is 0.355 e. The van der Waals surface area contributed by atoms with Gasteiger partial charge in [-0.1, -0.05) is 0 Å². The number of aliphatic hydroxyl groups excluding tert-OH is 2. The number of aliphatic hydroxyl groups is 2. The zero-order valence-corrected chi connectivity index (χ0v) is 12.5. The van der Waals surface area contributed by atoms with Crippen molar-refractivity contribution in [3.8, 4) is 0 Å². The number of carbonyl (C=O) groups is 1. The van der Waals surface area contributed by atoms with Crippen LogP contribution in [-0.2, 0) is 14.2 Å². The summed E-state index contributed by atoms with van der Waals surface area (Å²) in [4.78, 5) is 15.0. The number of aromatic amines is 1. The van der Waals surface area contributed by atoms with E-state index < -0.39 is 36.2 Å². The number of aromatic nitrogens is 1. The van der Waals surface area contributed by atoms with Crippen molar-refractivity contribution in [3.63, 3.8) is 0 Å². The zero-order chi connectivity index (χ0) is 15.8. The molecule has 3 N–H and O–H groups in total. The fourth-order valence-electron chi connectivity index (χ4n) is 2.54. The summed E-state index contributed by atoms with van der Waals surface area (Å²) in [5.74, 6) is -0.626. The fourth-order valence-corrected chi connectivity index (χ4v) is 2.54. The molecule has 118 valence electrons.